The van der Waals surface area contributed by atoms with Crippen molar-refractivity contribution >= 4 is 31.2 Å². The van der Waals surface area contributed by atoms with E-state index in [-0.39, 0.29) is 23.0 Å². The Balaban J connectivity index is 1.57. The zero-order valence-corrected chi connectivity index (χ0v) is 19.5. The van der Waals surface area contributed by atoms with Gasteiger partial charge in [-0.1, -0.05) is 48.5 Å². The van der Waals surface area contributed by atoms with Crippen LogP contribution in [0.2, 0.25) is 0 Å². The largest absolute Gasteiger partial charge is 0.489 e. The minimum Gasteiger partial charge on any atom is -0.489 e. The maximum Gasteiger partial charge on any atom is 0.265 e. The monoisotopic (exact) mass is 484 g/mol. The normalized spacial score (nSPS) is 20.1. The minimum atomic E-state index is -3.87. The van der Waals surface area contributed by atoms with E-state index in [1.54, 1.807) is 36.4 Å². The van der Waals surface area contributed by atoms with Gasteiger partial charge in [-0.15, -0.1) is 0 Å². The van der Waals surface area contributed by atoms with Crippen molar-refractivity contribution < 1.29 is 21.6 Å². The van der Waals surface area contributed by atoms with Crippen LogP contribution in [0.5, 0.6) is 5.75 Å². The van der Waals surface area contributed by atoms with Crippen LogP contribution in [0.4, 0.5) is 11.4 Å². The number of hydrogen-bond acceptors (Lipinski definition) is 6. The summed E-state index contributed by atoms with van der Waals surface area (Å²) in [6.45, 7) is 0.973. The first-order chi connectivity index (χ1) is 15.9. The molecule has 2 aliphatic rings. The molecule has 3 aromatic carbocycles. The first-order valence-corrected chi connectivity index (χ1v) is 14.0. The molecule has 0 saturated carbocycles. The molecule has 2 aliphatic heterocycles. The summed E-state index contributed by atoms with van der Waals surface area (Å²) >= 11 is 0. The predicted molar refractivity (Wildman–Crippen MR) is 128 cm³/mol. The highest BCUT2D eigenvalue weighted by atomic mass is 32.2. The molecule has 5 rings (SSSR count). The summed E-state index contributed by atoms with van der Waals surface area (Å²) in [5.74, 6) is 0.679. The highest BCUT2D eigenvalue weighted by Gasteiger charge is 2.38. The number of sulfonamides is 1. The fourth-order valence-electron chi connectivity index (χ4n) is 4.28. The Morgan fingerprint density at radius 2 is 1.48 bits per heavy atom. The molecule has 0 bridgehead atoms. The smallest absolute Gasteiger partial charge is 0.265 e. The molecule has 2 heterocycles. The van der Waals surface area contributed by atoms with E-state index in [9.17, 15) is 16.8 Å². The molecular formula is C24H24N2O5S2. The molecular weight excluding hydrogens is 460 g/mol. The third kappa shape index (κ3) is 4.18. The molecule has 1 saturated heterocycles. The Hall–Kier alpha value is -3.04. The van der Waals surface area contributed by atoms with Gasteiger partial charge in [-0.05, 0) is 29.8 Å². The standard InChI is InChI=1S/C24H24N2O5S2/c27-32(28)15-13-25(14-16-32)20-11-12-22-24(17-20)31-18-23(19-7-3-1-4-8-19)26(22)33(29,30)21-9-5-2-6-10-21/h1-12,17,23H,13-16,18H2. The van der Waals surface area contributed by atoms with Crippen molar-refractivity contribution in [2.45, 2.75) is 10.9 Å². The lowest BCUT2D eigenvalue weighted by Gasteiger charge is -2.38. The van der Waals surface area contributed by atoms with Crippen molar-refractivity contribution in [1.82, 2.24) is 0 Å². The average Bonchev–Trinajstić information content (AvgIpc) is 2.84. The van der Waals surface area contributed by atoms with E-state index in [4.69, 9.17) is 4.74 Å². The van der Waals surface area contributed by atoms with Gasteiger partial charge in [-0.3, -0.25) is 4.31 Å². The van der Waals surface area contributed by atoms with Gasteiger partial charge < -0.3 is 9.64 Å². The van der Waals surface area contributed by atoms with Gasteiger partial charge in [-0.25, -0.2) is 16.8 Å². The van der Waals surface area contributed by atoms with E-state index in [0.717, 1.165) is 11.3 Å². The summed E-state index contributed by atoms with van der Waals surface area (Å²) in [5, 5.41) is 0. The summed E-state index contributed by atoms with van der Waals surface area (Å²) in [6, 6.07) is 22.7. The summed E-state index contributed by atoms with van der Waals surface area (Å²) in [4.78, 5) is 2.20. The van der Waals surface area contributed by atoms with E-state index in [1.165, 1.54) is 4.31 Å². The summed E-state index contributed by atoms with van der Waals surface area (Å²) in [6.07, 6.45) is 0. The second-order valence-corrected chi connectivity index (χ2v) is 12.3. The molecule has 1 unspecified atom stereocenters. The van der Waals surface area contributed by atoms with E-state index in [2.05, 4.69) is 0 Å². The molecule has 0 spiro atoms. The first kappa shape index (κ1) is 21.8. The van der Waals surface area contributed by atoms with Crippen molar-refractivity contribution in [3.8, 4) is 5.75 Å². The maximum absolute atomic E-state index is 13.8. The Kier molecular flexibility index (Phi) is 5.54. The van der Waals surface area contributed by atoms with Crippen LogP contribution in [-0.4, -0.2) is 48.0 Å². The van der Waals surface area contributed by atoms with Gasteiger partial charge in [0.1, 0.15) is 18.4 Å². The zero-order chi connectivity index (χ0) is 23.1. The van der Waals surface area contributed by atoms with E-state index in [0.29, 0.717) is 24.5 Å². The van der Waals surface area contributed by atoms with Crippen LogP contribution in [0.25, 0.3) is 0 Å². The third-order valence-corrected chi connectivity index (χ3v) is 9.50. The summed E-state index contributed by atoms with van der Waals surface area (Å²) in [7, 11) is -6.86. The average molecular weight is 485 g/mol. The molecule has 0 aromatic heterocycles. The minimum absolute atomic E-state index is 0.107. The van der Waals surface area contributed by atoms with Gasteiger partial charge in [0.15, 0.2) is 9.84 Å². The van der Waals surface area contributed by atoms with Gasteiger partial charge in [0.2, 0.25) is 0 Å². The third-order valence-electron chi connectivity index (χ3n) is 6.05. The van der Waals surface area contributed by atoms with Crippen LogP contribution in [-0.2, 0) is 19.9 Å². The maximum atomic E-state index is 13.8. The number of sulfone groups is 1. The van der Waals surface area contributed by atoms with E-state index in [1.807, 2.05) is 47.4 Å². The van der Waals surface area contributed by atoms with Gasteiger partial charge in [-0.2, -0.15) is 0 Å². The highest BCUT2D eigenvalue weighted by molar-refractivity contribution is 7.93. The number of benzene rings is 3. The number of anilines is 2. The number of hydrogen-bond donors (Lipinski definition) is 0. The molecule has 0 radical (unpaired) electrons. The number of fused-ring (bicyclic) bond motifs is 1. The Labute approximate surface area is 194 Å². The van der Waals surface area contributed by atoms with E-state index >= 15 is 0 Å². The Bertz CT molecular complexity index is 1350. The van der Waals surface area contributed by atoms with Crippen molar-refractivity contribution in [3.05, 3.63) is 84.4 Å². The van der Waals surface area contributed by atoms with Crippen LogP contribution in [0, 0.1) is 0 Å². The zero-order valence-electron chi connectivity index (χ0n) is 17.9. The van der Waals surface area contributed by atoms with Crippen LogP contribution in [0.3, 0.4) is 0 Å². The van der Waals surface area contributed by atoms with Crippen molar-refractivity contribution in [2.75, 3.05) is 40.4 Å². The summed E-state index contributed by atoms with van der Waals surface area (Å²) < 4.78 is 58.7. The highest BCUT2D eigenvalue weighted by Crippen LogP contribution is 2.44. The topological polar surface area (TPSA) is 84.0 Å². The predicted octanol–water partition coefficient (Wildman–Crippen LogP) is 3.25. The fourth-order valence-corrected chi connectivity index (χ4v) is 7.14. The quantitative estimate of drug-likeness (QED) is 0.565. The number of rotatable bonds is 4. The molecule has 9 heteroatoms. The second-order valence-electron chi connectivity index (χ2n) is 8.14. The molecule has 1 fully saturated rings. The molecule has 172 valence electrons. The molecule has 1 atom stereocenters. The SMILES string of the molecule is O=S1(=O)CCN(c2ccc3c(c2)OCC(c2ccccc2)N3S(=O)(=O)c2ccccc2)CC1. The van der Waals surface area contributed by atoms with Crippen molar-refractivity contribution in [3.63, 3.8) is 0 Å². The van der Waals surface area contributed by atoms with Gasteiger partial charge in [0, 0.05) is 24.8 Å². The number of ether oxygens (including phenoxy) is 1. The van der Waals surface area contributed by atoms with Crippen LogP contribution in [0.15, 0.2) is 83.8 Å². The Morgan fingerprint density at radius 3 is 2.15 bits per heavy atom. The lowest BCUT2D eigenvalue weighted by molar-refractivity contribution is 0.275. The molecule has 0 aliphatic carbocycles. The Morgan fingerprint density at radius 1 is 0.848 bits per heavy atom. The van der Waals surface area contributed by atoms with Gasteiger partial charge in [0.25, 0.3) is 10.0 Å². The van der Waals surface area contributed by atoms with Crippen molar-refractivity contribution in [2.24, 2.45) is 0 Å². The van der Waals surface area contributed by atoms with Gasteiger partial charge >= 0.3 is 0 Å². The molecule has 3 aromatic rings. The van der Waals surface area contributed by atoms with E-state index < -0.39 is 25.9 Å². The second kappa shape index (κ2) is 8.39. The van der Waals surface area contributed by atoms with Crippen LogP contribution in [0.1, 0.15) is 11.6 Å². The van der Waals surface area contributed by atoms with Gasteiger partial charge in [0.05, 0.1) is 22.1 Å². The molecule has 0 N–H and O–H groups in total. The molecule has 0 amide bonds. The van der Waals surface area contributed by atoms with Crippen LogP contribution < -0.4 is 13.9 Å². The van der Waals surface area contributed by atoms with Crippen LogP contribution >= 0.6 is 0 Å². The fraction of sp³-hybridized carbons (Fsp3) is 0.250. The summed E-state index contributed by atoms with van der Waals surface area (Å²) in [5.41, 5.74) is 2.12. The van der Waals surface area contributed by atoms with Crippen molar-refractivity contribution in [1.29, 1.82) is 0 Å². The first-order valence-electron chi connectivity index (χ1n) is 10.7. The molecule has 7 nitrogen and oxygen atoms in total. The molecule has 33 heavy (non-hydrogen) atoms. The lowest BCUT2D eigenvalue weighted by Crippen LogP contribution is -2.42. The number of nitrogens with zero attached hydrogens (tertiary/aromatic N) is 2. The lowest BCUT2D eigenvalue weighted by atomic mass is 10.1.